The maximum Gasteiger partial charge on any atom is 0.289 e. The Kier molecular flexibility index (Phi) is 6.26. The van der Waals surface area contributed by atoms with E-state index in [2.05, 4.69) is 4.72 Å². The normalized spacial score (nSPS) is 12.2. The van der Waals surface area contributed by atoms with Gasteiger partial charge in [-0.3, -0.25) is 4.79 Å². The lowest BCUT2D eigenvalue weighted by Crippen LogP contribution is -2.40. The molecule has 0 aliphatic rings. The van der Waals surface area contributed by atoms with Gasteiger partial charge in [0, 0.05) is 18.6 Å². The summed E-state index contributed by atoms with van der Waals surface area (Å²) >= 11 is 0. The molecular formula is C19H26N2O4S. The minimum absolute atomic E-state index is 0.0173. The molecule has 0 spiro atoms. The fourth-order valence-electron chi connectivity index (χ4n) is 2.51. The molecular weight excluding hydrogens is 352 g/mol. The molecule has 2 aromatic rings. The summed E-state index contributed by atoms with van der Waals surface area (Å²) in [6, 6.07) is 12.4. The lowest BCUT2D eigenvalue weighted by Gasteiger charge is -2.21. The maximum atomic E-state index is 12.8. The van der Waals surface area contributed by atoms with Crippen molar-refractivity contribution in [2.75, 3.05) is 6.54 Å². The number of carbonyl (C=O) groups is 1. The zero-order chi connectivity index (χ0) is 19.4. The quantitative estimate of drug-likeness (QED) is 0.801. The van der Waals surface area contributed by atoms with Gasteiger partial charge in [0.1, 0.15) is 0 Å². The number of amides is 1. The van der Waals surface area contributed by atoms with Gasteiger partial charge in [-0.25, -0.2) is 13.1 Å². The highest BCUT2D eigenvalue weighted by atomic mass is 32.2. The van der Waals surface area contributed by atoms with Crippen LogP contribution in [0.25, 0.3) is 0 Å². The summed E-state index contributed by atoms with van der Waals surface area (Å²) in [7, 11) is -3.81. The first kappa shape index (κ1) is 20.2. The van der Waals surface area contributed by atoms with Crippen molar-refractivity contribution in [2.24, 2.45) is 0 Å². The van der Waals surface area contributed by atoms with Crippen molar-refractivity contribution in [3.8, 4) is 0 Å². The molecule has 26 heavy (non-hydrogen) atoms. The fraction of sp³-hybridized carbons (Fsp3) is 0.421. The van der Waals surface area contributed by atoms with Crippen LogP contribution in [0.5, 0.6) is 0 Å². The number of hydrogen-bond acceptors (Lipinski definition) is 4. The van der Waals surface area contributed by atoms with E-state index in [0.29, 0.717) is 13.1 Å². The SMILES string of the molecule is CCCN(Cc1ccccc1)C(=O)c1ccc(S(=O)(=O)NC(C)(C)C)o1. The van der Waals surface area contributed by atoms with Crippen molar-refractivity contribution in [1.29, 1.82) is 0 Å². The van der Waals surface area contributed by atoms with Crippen LogP contribution in [-0.4, -0.2) is 31.3 Å². The molecule has 2 rings (SSSR count). The lowest BCUT2D eigenvalue weighted by atomic mass is 10.1. The van der Waals surface area contributed by atoms with Crippen molar-refractivity contribution in [1.82, 2.24) is 9.62 Å². The minimum Gasteiger partial charge on any atom is -0.438 e. The second-order valence-electron chi connectivity index (χ2n) is 7.19. The molecule has 0 fully saturated rings. The van der Waals surface area contributed by atoms with Gasteiger partial charge in [-0.1, -0.05) is 37.3 Å². The van der Waals surface area contributed by atoms with Crippen LogP contribution in [0.3, 0.4) is 0 Å². The summed E-state index contributed by atoms with van der Waals surface area (Å²) in [6.07, 6.45) is 0.788. The van der Waals surface area contributed by atoms with Crippen LogP contribution < -0.4 is 4.72 Å². The van der Waals surface area contributed by atoms with Gasteiger partial charge in [0.05, 0.1) is 0 Å². The van der Waals surface area contributed by atoms with Crippen molar-refractivity contribution >= 4 is 15.9 Å². The minimum atomic E-state index is -3.81. The average Bonchev–Trinajstić information content (AvgIpc) is 3.03. The molecule has 0 atom stereocenters. The molecule has 7 heteroatoms. The van der Waals surface area contributed by atoms with Gasteiger partial charge in [-0.05, 0) is 44.9 Å². The first-order chi connectivity index (χ1) is 12.1. The first-order valence-electron chi connectivity index (χ1n) is 8.59. The van der Waals surface area contributed by atoms with Gasteiger partial charge in [-0.2, -0.15) is 0 Å². The molecule has 0 aliphatic heterocycles. The zero-order valence-electron chi connectivity index (χ0n) is 15.7. The van der Waals surface area contributed by atoms with Crippen LogP contribution in [0, 0.1) is 0 Å². The molecule has 142 valence electrons. The number of carbonyl (C=O) groups excluding carboxylic acids is 1. The van der Waals surface area contributed by atoms with Crippen LogP contribution in [0.15, 0.2) is 52.0 Å². The topological polar surface area (TPSA) is 79.6 Å². The summed E-state index contributed by atoms with van der Waals surface area (Å²) in [5.74, 6) is -0.309. The average molecular weight is 378 g/mol. The third-order valence-electron chi connectivity index (χ3n) is 3.49. The van der Waals surface area contributed by atoms with Crippen molar-refractivity contribution < 1.29 is 17.6 Å². The predicted molar refractivity (Wildman–Crippen MR) is 100 cm³/mol. The predicted octanol–water partition coefficient (Wildman–Crippen LogP) is 3.41. The molecule has 0 aliphatic carbocycles. The number of rotatable bonds is 7. The van der Waals surface area contributed by atoms with Crippen LogP contribution in [-0.2, 0) is 16.6 Å². The zero-order valence-corrected chi connectivity index (χ0v) is 16.5. The van der Waals surface area contributed by atoms with Gasteiger partial charge >= 0.3 is 0 Å². The van der Waals surface area contributed by atoms with Crippen LogP contribution >= 0.6 is 0 Å². The second kappa shape index (κ2) is 8.05. The second-order valence-corrected chi connectivity index (χ2v) is 8.80. The maximum absolute atomic E-state index is 12.8. The fourth-order valence-corrected chi connectivity index (χ4v) is 3.87. The van der Waals surface area contributed by atoms with Gasteiger partial charge in [0.15, 0.2) is 5.76 Å². The molecule has 1 amide bonds. The van der Waals surface area contributed by atoms with Crippen LogP contribution in [0.1, 0.15) is 50.2 Å². The highest BCUT2D eigenvalue weighted by molar-refractivity contribution is 7.89. The van der Waals surface area contributed by atoms with Crippen LogP contribution in [0.2, 0.25) is 0 Å². The Hall–Kier alpha value is -2.12. The molecule has 6 nitrogen and oxygen atoms in total. The molecule has 1 aromatic carbocycles. The number of furan rings is 1. The molecule has 0 saturated carbocycles. The Morgan fingerprint density at radius 1 is 1.12 bits per heavy atom. The van der Waals surface area contributed by atoms with E-state index in [1.807, 2.05) is 37.3 Å². The van der Waals surface area contributed by atoms with E-state index in [1.165, 1.54) is 12.1 Å². The van der Waals surface area contributed by atoms with E-state index in [0.717, 1.165) is 12.0 Å². The van der Waals surface area contributed by atoms with Crippen molar-refractivity contribution in [3.05, 3.63) is 53.8 Å². The summed E-state index contributed by atoms with van der Waals surface area (Å²) in [6.45, 7) is 8.19. The Morgan fingerprint density at radius 2 is 1.77 bits per heavy atom. The standard InChI is InChI=1S/C19H26N2O4S/c1-5-13-21(14-15-9-7-6-8-10-15)18(22)16-11-12-17(25-16)26(23,24)20-19(2,3)4/h6-12,20H,5,13-14H2,1-4H3. The molecule has 1 N–H and O–H groups in total. The van der Waals surface area contributed by atoms with E-state index < -0.39 is 15.6 Å². The number of nitrogens with one attached hydrogen (secondary N) is 1. The van der Waals surface area contributed by atoms with Crippen LogP contribution in [0.4, 0.5) is 0 Å². The van der Waals surface area contributed by atoms with E-state index in [1.54, 1.807) is 25.7 Å². The van der Waals surface area contributed by atoms with Gasteiger partial charge in [0.25, 0.3) is 15.9 Å². The molecule has 0 bridgehead atoms. The van der Waals surface area contributed by atoms with E-state index in [4.69, 9.17) is 4.42 Å². The van der Waals surface area contributed by atoms with E-state index in [9.17, 15) is 13.2 Å². The Morgan fingerprint density at radius 3 is 2.35 bits per heavy atom. The molecule has 0 radical (unpaired) electrons. The van der Waals surface area contributed by atoms with E-state index >= 15 is 0 Å². The van der Waals surface area contributed by atoms with Gasteiger partial charge < -0.3 is 9.32 Å². The highest BCUT2D eigenvalue weighted by Gasteiger charge is 2.27. The Balaban J connectivity index is 2.21. The highest BCUT2D eigenvalue weighted by Crippen LogP contribution is 2.19. The summed E-state index contributed by atoms with van der Waals surface area (Å²) in [5, 5.41) is -0.257. The number of sulfonamides is 1. The number of hydrogen-bond donors (Lipinski definition) is 1. The van der Waals surface area contributed by atoms with Gasteiger partial charge in [0.2, 0.25) is 5.09 Å². The number of benzene rings is 1. The first-order valence-corrected chi connectivity index (χ1v) is 10.1. The number of nitrogens with zero attached hydrogens (tertiary/aromatic N) is 1. The van der Waals surface area contributed by atoms with E-state index in [-0.39, 0.29) is 16.8 Å². The molecule has 0 unspecified atom stereocenters. The van der Waals surface area contributed by atoms with Crippen molar-refractivity contribution in [3.63, 3.8) is 0 Å². The molecule has 1 heterocycles. The molecule has 0 saturated heterocycles. The Bertz CT molecular complexity index is 836. The monoisotopic (exact) mass is 378 g/mol. The summed E-state index contributed by atoms with van der Waals surface area (Å²) in [5.41, 5.74) is 0.361. The summed E-state index contributed by atoms with van der Waals surface area (Å²) in [4.78, 5) is 14.4. The largest absolute Gasteiger partial charge is 0.438 e. The third-order valence-corrected chi connectivity index (χ3v) is 5.12. The third kappa shape index (κ3) is 5.44. The summed E-state index contributed by atoms with van der Waals surface area (Å²) < 4.78 is 32.6. The smallest absolute Gasteiger partial charge is 0.289 e. The Labute approximate surface area is 155 Å². The molecule has 1 aromatic heterocycles. The van der Waals surface area contributed by atoms with Gasteiger partial charge in [-0.15, -0.1) is 0 Å². The van der Waals surface area contributed by atoms with Crippen molar-refractivity contribution in [2.45, 2.75) is 51.3 Å². The lowest BCUT2D eigenvalue weighted by molar-refractivity contribution is 0.0705.